The average molecular weight is 425 g/mol. The smallest absolute Gasteiger partial charge is 0.185 e. The number of ether oxygens (including phenoxy) is 1. The summed E-state index contributed by atoms with van der Waals surface area (Å²) in [4.78, 5) is 7.47. The van der Waals surface area contributed by atoms with Crippen LogP contribution >= 0.6 is 0 Å². The number of anilines is 2. The Hall–Kier alpha value is -2.87. The van der Waals surface area contributed by atoms with E-state index in [4.69, 9.17) is 9.72 Å². The van der Waals surface area contributed by atoms with Crippen LogP contribution in [0.5, 0.6) is 0 Å². The van der Waals surface area contributed by atoms with Crippen molar-refractivity contribution in [3.63, 3.8) is 0 Å². The monoisotopic (exact) mass is 424 g/mol. The molecule has 0 amide bonds. The van der Waals surface area contributed by atoms with Gasteiger partial charge in [0.25, 0.3) is 0 Å². The summed E-state index contributed by atoms with van der Waals surface area (Å²) >= 11 is 0. The van der Waals surface area contributed by atoms with Crippen LogP contribution in [0, 0.1) is 5.21 Å². The summed E-state index contributed by atoms with van der Waals surface area (Å²) in [5, 5.41) is 19.6. The van der Waals surface area contributed by atoms with Crippen LogP contribution in [0.25, 0.3) is 5.65 Å². The second-order valence-electron chi connectivity index (χ2n) is 8.01. The summed E-state index contributed by atoms with van der Waals surface area (Å²) in [6.07, 6.45) is 10.4. The van der Waals surface area contributed by atoms with Gasteiger partial charge in [-0.05, 0) is 45.1 Å². The Morgan fingerprint density at radius 2 is 2.23 bits per heavy atom. The van der Waals surface area contributed by atoms with E-state index < -0.39 is 0 Å². The van der Waals surface area contributed by atoms with Gasteiger partial charge >= 0.3 is 0 Å². The zero-order chi connectivity index (χ0) is 21.6. The molecule has 8 nitrogen and oxygen atoms in total. The predicted molar refractivity (Wildman–Crippen MR) is 121 cm³/mol. The van der Waals surface area contributed by atoms with Crippen molar-refractivity contribution in [2.24, 2.45) is 0 Å². The van der Waals surface area contributed by atoms with Crippen molar-refractivity contribution >= 4 is 17.3 Å². The molecule has 1 unspecified atom stereocenters. The molecule has 3 aromatic heterocycles. The standard InChI is InChI=1S/C23H32N6O2/c1-3-19-16-25-29-21(24-15-18-8-7-11-27(30)17-18)14-22(26-23(19)29)28-12-6-5-9-20(28)10-13-31-4-2/h7-8,11,14,16-17,20,24H,3-6,9-10,12-13,15H2,1-2H3. The molecule has 1 aliphatic heterocycles. The first kappa shape index (κ1) is 21.4. The number of aromatic nitrogens is 4. The number of pyridine rings is 1. The highest BCUT2D eigenvalue weighted by Gasteiger charge is 2.25. The molecule has 0 aliphatic carbocycles. The normalized spacial score (nSPS) is 16.7. The van der Waals surface area contributed by atoms with Gasteiger partial charge in [-0.15, -0.1) is 0 Å². The molecule has 0 spiro atoms. The second kappa shape index (κ2) is 9.96. The van der Waals surface area contributed by atoms with E-state index in [1.54, 1.807) is 12.3 Å². The Balaban J connectivity index is 1.64. The number of fused-ring (bicyclic) bond motifs is 1. The first-order valence-corrected chi connectivity index (χ1v) is 11.3. The lowest BCUT2D eigenvalue weighted by atomic mass is 9.99. The van der Waals surface area contributed by atoms with Gasteiger partial charge in [0.15, 0.2) is 18.0 Å². The van der Waals surface area contributed by atoms with E-state index in [2.05, 4.69) is 28.3 Å². The minimum absolute atomic E-state index is 0.435. The molecular weight excluding hydrogens is 392 g/mol. The van der Waals surface area contributed by atoms with Gasteiger partial charge in [-0.3, -0.25) is 0 Å². The average Bonchev–Trinajstić information content (AvgIpc) is 3.21. The largest absolute Gasteiger partial charge is 0.619 e. The summed E-state index contributed by atoms with van der Waals surface area (Å²) in [7, 11) is 0. The van der Waals surface area contributed by atoms with Crippen molar-refractivity contribution < 1.29 is 9.47 Å². The molecule has 1 atom stereocenters. The minimum atomic E-state index is 0.435. The molecule has 0 aromatic carbocycles. The Morgan fingerprint density at radius 3 is 3.03 bits per heavy atom. The fourth-order valence-corrected chi connectivity index (χ4v) is 4.28. The van der Waals surface area contributed by atoms with Crippen LogP contribution in [-0.4, -0.2) is 40.4 Å². The van der Waals surface area contributed by atoms with Crippen molar-refractivity contribution in [2.45, 2.75) is 58.5 Å². The lowest BCUT2D eigenvalue weighted by Gasteiger charge is -2.37. The maximum absolute atomic E-state index is 11.6. The van der Waals surface area contributed by atoms with Crippen LogP contribution < -0.4 is 14.9 Å². The van der Waals surface area contributed by atoms with Crippen LogP contribution in [0.3, 0.4) is 0 Å². The van der Waals surface area contributed by atoms with Crippen molar-refractivity contribution in [2.75, 3.05) is 30.0 Å². The minimum Gasteiger partial charge on any atom is -0.619 e. The second-order valence-corrected chi connectivity index (χ2v) is 8.01. The van der Waals surface area contributed by atoms with E-state index in [9.17, 15) is 5.21 Å². The van der Waals surface area contributed by atoms with Crippen LogP contribution in [0.2, 0.25) is 0 Å². The van der Waals surface area contributed by atoms with Gasteiger partial charge in [0, 0.05) is 55.6 Å². The number of rotatable bonds is 9. The Labute approximate surface area is 183 Å². The highest BCUT2D eigenvalue weighted by molar-refractivity contribution is 5.61. The maximum atomic E-state index is 11.6. The van der Waals surface area contributed by atoms with Crippen molar-refractivity contribution in [3.05, 3.63) is 53.1 Å². The summed E-state index contributed by atoms with van der Waals surface area (Å²) < 4.78 is 8.33. The quantitative estimate of drug-likeness (QED) is 0.322. The molecule has 1 N–H and O–H groups in total. The lowest BCUT2D eigenvalue weighted by Crippen LogP contribution is -2.41. The van der Waals surface area contributed by atoms with Crippen LogP contribution in [0.15, 0.2) is 36.8 Å². The molecular formula is C23H32N6O2. The molecule has 0 radical (unpaired) electrons. The van der Waals surface area contributed by atoms with Crippen LogP contribution in [0.1, 0.15) is 50.7 Å². The summed E-state index contributed by atoms with van der Waals surface area (Å²) in [6, 6.07) is 6.23. The van der Waals surface area contributed by atoms with E-state index in [-0.39, 0.29) is 0 Å². The zero-order valence-electron chi connectivity index (χ0n) is 18.5. The molecule has 166 valence electrons. The van der Waals surface area contributed by atoms with E-state index in [1.807, 2.05) is 23.7 Å². The first-order chi connectivity index (χ1) is 15.2. The fourth-order valence-electron chi connectivity index (χ4n) is 4.28. The lowest BCUT2D eigenvalue weighted by molar-refractivity contribution is -0.605. The van der Waals surface area contributed by atoms with Gasteiger partial charge < -0.3 is 20.2 Å². The highest BCUT2D eigenvalue weighted by Crippen LogP contribution is 2.29. The highest BCUT2D eigenvalue weighted by atomic mass is 16.5. The Kier molecular flexibility index (Phi) is 6.86. The topological polar surface area (TPSA) is 81.6 Å². The van der Waals surface area contributed by atoms with Crippen molar-refractivity contribution in [1.82, 2.24) is 14.6 Å². The summed E-state index contributed by atoms with van der Waals surface area (Å²) in [5.41, 5.74) is 2.94. The third-order valence-electron chi connectivity index (χ3n) is 5.94. The van der Waals surface area contributed by atoms with Gasteiger partial charge in [0.2, 0.25) is 0 Å². The molecule has 8 heteroatoms. The number of piperidine rings is 1. The van der Waals surface area contributed by atoms with Crippen molar-refractivity contribution in [3.8, 4) is 0 Å². The number of hydrogen-bond acceptors (Lipinski definition) is 6. The van der Waals surface area contributed by atoms with E-state index >= 15 is 0 Å². The predicted octanol–water partition coefficient (Wildman–Crippen LogP) is 3.32. The van der Waals surface area contributed by atoms with E-state index in [0.29, 0.717) is 12.6 Å². The van der Waals surface area contributed by atoms with E-state index in [0.717, 1.165) is 72.2 Å². The van der Waals surface area contributed by atoms with Crippen LogP contribution in [-0.2, 0) is 17.7 Å². The first-order valence-electron chi connectivity index (χ1n) is 11.3. The molecule has 4 heterocycles. The van der Waals surface area contributed by atoms with Crippen LogP contribution in [0.4, 0.5) is 11.6 Å². The third kappa shape index (κ3) is 4.90. The Morgan fingerprint density at radius 1 is 1.32 bits per heavy atom. The summed E-state index contributed by atoms with van der Waals surface area (Å²) in [5.74, 6) is 1.87. The molecule has 1 fully saturated rings. The molecule has 3 aromatic rings. The van der Waals surface area contributed by atoms with E-state index in [1.165, 1.54) is 19.0 Å². The van der Waals surface area contributed by atoms with Crippen molar-refractivity contribution in [1.29, 1.82) is 0 Å². The van der Waals surface area contributed by atoms with Gasteiger partial charge in [0.05, 0.1) is 6.20 Å². The number of hydrogen-bond donors (Lipinski definition) is 1. The van der Waals surface area contributed by atoms with Gasteiger partial charge in [0.1, 0.15) is 11.6 Å². The zero-order valence-corrected chi connectivity index (χ0v) is 18.5. The molecule has 0 saturated carbocycles. The summed E-state index contributed by atoms with van der Waals surface area (Å²) in [6.45, 7) is 7.24. The molecule has 31 heavy (non-hydrogen) atoms. The molecule has 0 bridgehead atoms. The number of aryl methyl sites for hydroxylation is 1. The fraction of sp³-hybridized carbons (Fsp3) is 0.522. The number of nitrogens with one attached hydrogen (secondary N) is 1. The SMILES string of the molecule is CCOCCC1CCCCN1c1cc(NCc2ccc[n+]([O-])c2)n2ncc(CC)c2n1. The number of nitrogens with zero attached hydrogens (tertiary/aromatic N) is 5. The third-order valence-corrected chi connectivity index (χ3v) is 5.94. The van der Waals surface area contributed by atoms with Gasteiger partial charge in [-0.25, -0.2) is 4.98 Å². The molecule has 1 aliphatic rings. The van der Waals surface area contributed by atoms with Gasteiger partial charge in [-0.1, -0.05) is 6.92 Å². The Bertz CT molecular complexity index is 1000. The van der Waals surface area contributed by atoms with Gasteiger partial charge in [-0.2, -0.15) is 14.3 Å². The molecule has 1 saturated heterocycles. The maximum Gasteiger partial charge on any atom is 0.185 e. The molecule has 4 rings (SSSR count).